The maximum absolute atomic E-state index is 12.1. The minimum absolute atomic E-state index is 0.0153. The van der Waals surface area contributed by atoms with Gasteiger partial charge in [-0.1, -0.05) is 24.3 Å². The normalized spacial score (nSPS) is 10.3. The zero-order valence-electron chi connectivity index (χ0n) is 17.0. The van der Waals surface area contributed by atoms with Gasteiger partial charge >= 0.3 is 0 Å². The molecule has 2 rings (SSSR count). The quantitative estimate of drug-likeness (QED) is 0.547. The smallest absolute Gasteiger partial charge is 0.251 e. The first-order valence-electron chi connectivity index (χ1n) is 9.46. The summed E-state index contributed by atoms with van der Waals surface area (Å²) in [6.07, 6.45) is 1.11. The zero-order chi connectivity index (χ0) is 21.2. The van der Waals surface area contributed by atoms with Crippen LogP contribution in [0.1, 0.15) is 34.3 Å². The molecule has 0 bridgehead atoms. The second-order valence-corrected chi connectivity index (χ2v) is 7.78. The first-order valence-corrected chi connectivity index (χ1v) is 10.6. The minimum atomic E-state index is -0.199. The maximum atomic E-state index is 12.1. The van der Waals surface area contributed by atoms with Gasteiger partial charge in [0.2, 0.25) is 11.8 Å². The molecule has 3 N–H and O–H groups in total. The van der Waals surface area contributed by atoms with E-state index in [1.165, 1.54) is 11.8 Å². The fourth-order valence-electron chi connectivity index (χ4n) is 2.79. The van der Waals surface area contributed by atoms with E-state index in [4.69, 9.17) is 0 Å². The van der Waals surface area contributed by atoms with Gasteiger partial charge in [0.05, 0.1) is 5.75 Å². The molecule has 6 nitrogen and oxygen atoms in total. The average molecular weight is 414 g/mol. The molecule has 0 saturated carbocycles. The van der Waals surface area contributed by atoms with Gasteiger partial charge in [0.1, 0.15) is 0 Å². The Labute approximate surface area is 175 Å². The van der Waals surface area contributed by atoms with E-state index in [1.54, 1.807) is 31.3 Å². The highest BCUT2D eigenvalue weighted by molar-refractivity contribution is 7.99. The van der Waals surface area contributed by atoms with Gasteiger partial charge in [-0.15, -0.1) is 0 Å². The number of thioether (sulfide) groups is 1. The number of para-hydroxylation sites is 1. The summed E-state index contributed by atoms with van der Waals surface area (Å²) in [7, 11) is 1.56. The predicted molar refractivity (Wildman–Crippen MR) is 120 cm³/mol. The number of benzene rings is 2. The summed E-state index contributed by atoms with van der Waals surface area (Å²) < 4.78 is 0. The number of anilines is 2. The molecule has 0 aliphatic rings. The van der Waals surface area contributed by atoms with Crippen LogP contribution in [0.25, 0.3) is 0 Å². The van der Waals surface area contributed by atoms with E-state index in [2.05, 4.69) is 16.0 Å². The number of carbonyl (C=O) groups excluding carboxylic acids is 3. The Morgan fingerprint density at radius 1 is 0.931 bits per heavy atom. The van der Waals surface area contributed by atoms with E-state index < -0.39 is 0 Å². The number of nitrogens with one attached hydrogen (secondary N) is 3. The molecule has 0 aromatic heterocycles. The molecule has 0 aliphatic carbocycles. The van der Waals surface area contributed by atoms with Crippen LogP contribution < -0.4 is 16.0 Å². The first-order chi connectivity index (χ1) is 13.9. The largest absolute Gasteiger partial charge is 0.355 e. The molecular weight excluding hydrogens is 386 g/mol. The van der Waals surface area contributed by atoms with Crippen molar-refractivity contribution in [3.8, 4) is 0 Å². The number of hydrogen-bond acceptors (Lipinski definition) is 4. The molecule has 0 aliphatic heterocycles. The topological polar surface area (TPSA) is 87.3 Å². The first kappa shape index (κ1) is 22.5. The van der Waals surface area contributed by atoms with E-state index in [0.717, 1.165) is 16.8 Å². The lowest BCUT2D eigenvalue weighted by atomic mass is 10.1. The summed E-state index contributed by atoms with van der Waals surface area (Å²) >= 11 is 1.48. The molecule has 2 aromatic carbocycles. The Balaban J connectivity index is 1.68. The van der Waals surface area contributed by atoms with Crippen LogP contribution in [-0.2, 0) is 9.59 Å². The highest BCUT2D eigenvalue weighted by Crippen LogP contribution is 2.20. The van der Waals surface area contributed by atoms with Crippen molar-refractivity contribution in [3.05, 3.63) is 59.2 Å². The Morgan fingerprint density at radius 3 is 2.31 bits per heavy atom. The third-order valence-electron chi connectivity index (χ3n) is 4.31. The molecule has 2 aromatic rings. The van der Waals surface area contributed by atoms with Crippen molar-refractivity contribution in [1.82, 2.24) is 5.32 Å². The van der Waals surface area contributed by atoms with Gasteiger partial charge in [-0.25, -0.2) is 0 Å². The van der Waals surface area contributed by atoms with E-state index in [0.29, 0.717) is 35.6 Å². The summed E-state index contributed by atoms with van der Waals surface area (Å²) in [6, 6.07) is 12.7. The molecule has 0 saturated heterocycles. The van der Waals surface area contributed by atoms with E-state index in [9.17, 15) is 14.4 Å². The second-order valence-electron chi connectivity index (χ2n) is 6.68. The summed E-state index contributed by atoms with van der Waals surface area (Å²) in [5, 5.41) is 8.31. The molecule has 0 heterocycles. The fourth-order valence-corrected chi connectivity index (χ4v) is 3.54. The van der Waals surface area contributed by atoms with Gasteiger partial charge in [-0.05, 0) is 55.3 Å². The fraction of sp³-hybridized carbons (Fsp3) is 0.318. The van der Waals surface area contributed by atoms with Crippen molar-refractivity contribution in [2.75, 3.05) is 29.2 Å². The van der Waals surface area contributed by atoms with E-state index in [1.807, 2.05) is 32.0 Å². The molecule has 29 heavy (non-hydrogen) atoms. The SMILES string of the molecule is CNC(=O)c1cccc(NC(=O)CSCCCC(=O)Nc2c(C)cccc2C)c1. The monoisotopic (exact) mass is 413 g/mol. The maximum Gasteiger partial charge on any atom is 0.251 e. The van der Waals surface area contributed by atoms with Gasteiger partial charge in [-0.2, -0.15) is 11.8 Å². The molecule has 0 unspecified atom stereocenters. The van der Waals surface area contributed by atoms with Crippen molar-refractivity contribution in [3.63, 3.8) is 0 Å². The van der Waals surface area contributed by atoms with Crippen molar-refractivity contribution in [2.45, 2.75) is 26.7 Å². The van der Waals surface area contributed by atoms with Crippen molar-refractivity contribution in [1.29, 1.82) is 0 Å². The zero-order valence-corrected chi connectivity index (χ0v) is 17.8. The summed E-state index contributed by atoms with van der Waals surface area (Å²) in [4.78, 5) is 35.8. The molecular formula is C22H27N3O3S. The second kappa shape index (κ2) is 11.3. The highest BCUT2D eigenvalue weighted by Gasteiger charge is 2.09. The Kier molecular flexibility index (Phi) is 8.73. The Morgan fingerprint density at radius 2 is 1.62 bits per heavy atom. The average Bonchev–Trinajstić information content (AvgIpc) is 2.70. The van der Waals surface area contributed by atoms with Crippen LogP contribution in [0.2, 0.25) is 0 Å². The minimum Gasteiger partial charge on any atom is -0.355 e. The van der Waals surface area contributed by atoms with Crippen LogP contribution in [0.15, 0.2) is 42.5 Å². The molecule has 3 amide bonds. The van der Waals surface area contributed by atoms with Crippen molar-refractivity contribution >= 4 is 40.9 Å². The number of hydrogen-bond donors (Lipinski definition) is 3. The van der Waals surface area contributed by atoms with Gasteiger partial charge in [0.25, 0.3) is 5.91 Å². The molecule has 0 fully saturated rings. The van der Waals surface area contributed by atoms with Crippen molar-refractivity contribution < 1.29 is 14.4 Å². The highest BCUT2D eigenvalue weighted by atomic mass is 32.2. The van der Waals surface area contributed by atoms with Gasteiger partial charge < -0.3 is 16.0 Å². The van der Waals surface area contributed by atoms with E-state index in [-0.39, 0.29) is 17.7 Å². The van der Waals surface area contributed by atoms with Crippen LogP contribution in [-0.4, -0.2) is 36.3 Å². The molecule has 0 radical (unpaired) electrons. The molecule has 0 spiro atoms. The van der Waals surface area contributed by atoms with Gasteiger partial charge in [0.15, 0.2) is 0 Å². The van der Waals surface area contributed by atoms with Crippen LogP contribution >= 0.6 is 11.8 Å². The number of rotatable bonds is 9. The summed E-state index contributed by atoms with van der Waals surface area (Å²) in [5.74, 6) is 0.659. The summed E-state index contributed by atoms with van der Waals surface area (Å²) in [5.41, 5.74) is 4.05. The Bertz CT molecular complexity index is 863. The number of amides is 3. The standard InChI is InChI=1S/C22H27N3O3S/c1-15-7-4-8-16(2)21(15)25-19(26)11-6-12-29-14-20(27)24-18-10-5-9-17(13-18)22(28)23-3/h4-5,7-10,13H,6,11-12,14H2,1-3H3,(H,23,28)(H,24,27)(H,25,26). The van der Waals surface area contributed by atoms with Gasteiger partial charge in [0, 0.05) is 30.4 Å². The molecule has 154 valence electrons. The van der Waals surface area contributed by atoms with Crippen LogP contribution in [0.4, 0.5) is 11.4 Å². The third-order valence-corrected chi connectivity index (χ3v) is 5.35. The molecule has 0 atom stereocenters. The third kappa shape index (κ3) is 7.27. The lowest BCUT2D eigenvalue weighted by Crippen LogP contribution is -2.19. The lowest BCUT2D eigenvalue weighted by molar-refractivity contribution is -0.116. The predicted octanol–water partition coefficient (Wildman–Crippen LogP) is 3.75. The number of aryl methyl sites for hydroxylation is 2. The lowest BCUT2D eigenvalue weighted by Gasteiger charge is -2.11. The van der Waals surface area contributed by atoms with Crippen LogP contribution in [0.3, 0.4) is 0 Å². The van der Waals surface area contributed by atoms with Crippen molar-refractivity contribution in [2.24, 2.45) is 0 Å². The summed E-state index contributed by atoms with van der Waals surface area (Å²) in [6.45, 7) is 3.95. The van der Waals surface area contributed by atoms with Crippen LogP contribution in [0.5, 0.6) is 0 Å². The number of carbonyl (C=O) groups is 3. The Hall–Kier alpha value is -2.80. The van der Waals surface area contributed by atoms with E-state index >= 15 is 0 Å². The van der Waals surface area contributed by atoms with Gasteiger partial charge in [-0.3, -0.25) is 14.4 Å². The van der Waals surface area contributed by atoms with Crippen LogP contribution in [0, 0.1) is 13.8 Å². The molecule has 7 heteroatoms.